The molecule has 2 N–H and O–H groups in total. The van der Waals surface area contributed by atoms with Crippen LogP contribution in [0.1, 0.15) is 6.42 Å². The van der Waals surface area contributed by atoms with Gasteiger partial charge in [-0.3, -0.25) is 0 Å². The number of hydrogen-bond donors (Lipinski definition) is 2. The van der Waals surface area contributed by atoms with Crippen molar-refractivity contribution in [3.8, 4) is 0 Å². The van der Waals surface area contributed by atoms with E-state index in [0.29, 0.717) is 6.04 Å². The van der Waals surface area contributed by atoms with Gasteiger partial charge in [-0.2, -0.15) is 0 Å². The molecule has 36 valence electrons. The van der Waals surface area contributed by atoms with E-state index in [1.807, 2.05) is 7.05 Å². The minimum absolute atomic E-state index is 0.0463. The Morgan fingerprint density at radius 2 is 2.33 bits per heavy atom. The predicted octanol–water partition coefficient (Wildman–Crippen LogP) is -0.661. The van der Waals surface area contributed by atoms with E-state index in [1.165, 1.54) is 0 Å². The van der Waals surface area contributed by atoms with Crippen molar-refractivity contribution >= 4 is 0 Å². The van der Waals surface area contributed by atoms with Gasteiger partial charge in [0, 0.05) is 6.04 Å². The summed E-state index contributed by atoms with van der Waals surface area (Å²) in [6, 6.07) is 0.407. The monoisotopic (exact) mass is 87.1 g/mol. The minimum atomic E-state index is -0.0463. The summed E-state index contributed by atoms with van der Waals surface area (Å²) in [5.41, 5.74) is 0. The summed E-state index contributed by atoms with van der Waals surface area (Å²) in [6.07, 6.45) is 0.895. The van der Waals surface area contributed by atoms with Gasteiger partial charge in [-0.05, 0) is 13.5 Å². The second-order valence-electron chi connectivity index (χ2n) is 1.70. The molecule has 0 aliphatic heterocycles. The summed E-state index contributed by atoms with van der Waals surface area (Å²) in [7, 11) is 1.86. The first-order chi connectivity index (χ1) is 2.84. The summed E-state index contributed by atoms with van der Waals surface area (Å²) >= 11 is 0. The van der Waals surface area contributed by atoms with E-state index >= 15 is 0 Å². The first kappa shape index (κ1) is 4.09. The van der Waals surface area contributed by atoms with E-state index in [2.05, 4.69) is 5.32 Å². The number of hydrogen-bond acceptors (Lipinski definition) is 2. The fraction of sp³-hybridized carbons (Fsp3) is 1.00. The van der Waals surface area contributed by atoms with Crippen molar-refractivity contribution in [3.63, 3.8) is 0 Å². The smallest absolute Gasteiger partial charge is 0.0709 e. The largest absolute Gasteiger partial charge is 0.391 e. The van der Waals surface area contributed by atoms with Gasteiger partial charge in [-0.1, -0.05) is 0 Å². The van der Waals surface area contributed by atoms with Crippen molar-refractivity contribution in [3.05, 3.63) is 0 Å². The highest BCUT2D eigenvalue weighted by Crippen LogP contribution is 2.18. The number of likely N-dealkylation sites (N-methyl/N-ethyl adjacent to an activating group) is 1. The summed E-state index contributed by atoms with van der Waals surface area (Å²) < 4.78 is 0. The van der Waals surface area contributed by atoms with E-state index in [0.717, 1.165) is 6.42 Å². The Balaban J connectivity index is 2.09. The fourth-order valence-electron chi connectivity index (χ4n) is 0.492. The van der Waals surface area contributed by atoms with Gasteiger partial charge < -0.3 is 10.4 Å². The summed E-state index contributed by atoms with van der Waals surface area (Å²) in [5, 5.41) is 11.5. The maximum absolute atomic E-state index is 8.56. The van der Waals surface area contributed by atoms with Crippen molar-refractivity contribution in [2.24, 2.45) is 0 Å². The highest BCUT2D eigenvalue weighted by Gasteiger charge is 2.32. The lowest BCUT2D eigenvalue weighted by molar-refractivity contribution is 0.266. The van der Waals surface area contributed by atoms with Gasteiger partial charge in [0.25, 0.3) is 0 Å². The fourth-order valence-corrected chi connectivity index (χ4v) is 0.492. The summed E-state index contributed by atoms with van der Waals surface area (Å²) in [5.74, 6) is 0. The van der Waals surface area contributed by atoms with Crippen LogP contribution in [0, 0.1) is 0 Å². The van der Waals surface area contributed by atoms with Crippen molar-refractivity contribution in [2.45, 2.75) is 18.6 Å². The molecule has 0 aromatic carbocycles. The number of rotatable bonds is 1. The molecule has 0 saturated heterocycles. The molecule has 2 unspecified atom stereocenters. The van der Waals surface area contributed by atoms with Crippen LogP contribution < -0.4 is 5.32 Å². The van der Waals surface area contributed by atoms with Gasteiger partial charge in [0.05, 0.1) is 6.10 Å². The van der Waals surface area contributed by atoms with Crippen LogP contribution in [0.15, 0.2) is 0 Å². The molecule has 0 heterocycles. The highest BCUT2D eigenvalue weighted by molar-refractivity contribution is 4.91. The first-order valence-electron chi connectivity index (χ1n) is 2.20. The lowest BCUT2D eigenvalue weighted by Gasteiger charge is -1.84. The van der Waals surface area contributed by atoms with Gasteiger partial charge in [-0.25, -0.2) is 0 Å². The van der Waals surface area contributed by atoms with E-state index in [1.54, 1.807) is 0 Å². The van der Waals surface area contributed by atoms with Gasteiger partial charge in [0.1, 0.15) is 0 Å². The molecule has 1 aliphatic rings. The van der Waals surface area contributed by atoms with E-state index < -0.39 is 0 Å². The van der Waals surface area contributed by atoms with Crippen LogP contribution in [0.25, 0.3) is 0 Å². The molecule has 0 aromatic heterocycles. The molecule has 0 radical (unpaired) electrons. The van der Waals surface area contributed by atoms with E-state index in [-0.39, 0.29) is 6.10 Å². The van der Waals surface area contributed by atoms with Crippen LogP contribution in [0.4, 0.5) is 0 Å². The molecular weight excluding hydrogens is 78.0 g/mol. The third-order valence-electron chi connectivity index (χ3n) is 1.13. The zero-order chi connectivity index (χ0) is 4.57. The minimum Gasteiger partial charge on any atom is -0.391 e. The molecular formula is C4H9NO. The highest BCUT2D eigenvalue weighted by atomic mass is 16.3. The van der Waals surface area contributed by atoms with Gasteiger partial charge >= 0.3 is 0 Å². The molecule has 1 saturated carbocycles. The summed E-state index contributed by atoms with van der Waals surface area (Å²) in [4.78, 5) is 0. The average molecular weight is 87.1 g/mol. The third-order valence-corrected chi connectivity index (χ3v) is 1.13. The Hall–Kier alpha value is -0.0800. The first-order valence-corrected chi connectivity index (χ1v) is 2.20. The number of aliphatic hydroxyl groups excluding tert-OH is 1. The number of aliphatic hydroxyl groups is 1. The second-order valence-corrected chi connectivity index (χ2v) is 1.70. The zero-order valence-corrected chi connectivity index (χ0v) is 3.81. The summed E-state index contributed by atoms with van der Waals surface area (Å²) in [6.45, 7) is 0. The van der Waals surface area contributed by atoms with Crippen LogP contribution in [-0.2, 0) is 0 Å². The zero-order valence-electron chi connectivity index (χ0n) is 3.81. The quantitative estimate of drug-likeness (QED) is 0.445. The molecule has 0 spiro atoms. The predicted molar refractivity (Wildman–Crippen MR) is 23.5 cm³/mol. The van der Waals surface area contributed by atoms with Crippen molar-refractivity contribution in [2.75, 3.05) is 7.05 Å². The third kappa shape index (κ3) is 0.533. The van der Waals surface area contributed by atoms with E-state index in [9.17, 15) is 0 Å². The second kappa shape index (κ2) is 1.21. The molecule has 0 amide bonds. The van der Waals surface area contributed by atoms with Gasteiger partial charge in [0.15, 0.2) is 0 Å². The maximum atomic E-state index is 8.56. The van der Waals surface area contributed by atoms with Crippen LogP contribution in [0.2, 0.25) is 0 Å². The van der Waals surface area contributed by atoms with Crippen LogP contribution in [0.5, 0.6) is 0 Å². The Morgan fingerprint density at radius 1 is 1.83 bits per heavy atom. The Bertz CT molecular complexity index is 53.5. The van der Waals surface area contributed by atoms with Crippen molar-refractivity contribution in [1.29, 1.82) is 0 Å². The SMILES string of the molecule is CNC1CC1O. The van der Waals surface area contributed by atoms with Gasteiger partial charge in [0.2, 0.25) is 0 Å². The van der Waals surface area contributed by atoms with Crippen LogP contribution in [0.3, 0.4) is 0 Å². The lowest BCUT2D eigenvalue weighted by Crippen LogP contribution is -2.12. The normalized spacial score (nSPS) is 43.0. The van der Waals surface area contributed by atoms with Crippen molar-refractivity contribution in [1.82, 2.24) is 5.32 Å². The molecule has 2 atom stereocenters. The molecule has 0 aromatic rings. The van der Waals surface area contributed by atoms with Crippen LogP contribution >= 0.6 is 0 Å². The molecule has 6 heavy (non-hydrogen) atoms. The molecule has 0 bridgehead atoms. The Labute approximate surface area is 37.2 Å². The molecule has 1 aliphatic carbocycles. The average Bonchev–Trinajstić information content (AvgIpc) is 2.19. The standard InChI is InChI=1S/C4H9NO/c1-5-3-2-4(3)6/h3-6H,2H2,1H3. The lowest BCUT2D eigenvalue weighted by atomic mass is 10.7. The topological polar surface area (TPSA) is 32.3 Å². The molecule has 1 rings (SSSR count). The van der Waals surface area contributed by atoms with Crippen molar-refractivity contribution < 1.29 is 5.11 Å². The maximum Gasteiger partial charge on any atom is 0.0709 e. The molecule has 2 heteroatoms. The Morgan fingerprint density at radius 3 is 2.33 bits per heavy atom. The molecule has 1 fully saturated rings. The van der Waals surface area contributed by atoms with Crippen LogP contribution in [-0.4, -0.2) is 24.3 Å². The Kier molecular flexibility index (Phi) is 0.821. The van der Waals surface area contributed by atoms with Gasteiger partial charge in [-0.15, -0.1) is 0 Å². The molecule has 2 nitrogen and oxygen atoms in total. The van der Waals surface area contributed by atoms with E-state index in [4.69, 9.17) is 5.11 Å². The number of nitrogens with one attached hydrogen (secondary N) is 1.